The van der Waals surface area contributed by atoms with Crippen LogP contribution in [0.2, 0.25) is 0 Å². The van der Waals surface area contributed by atoms with Crippen molar-refractivity contribution in [1.82, 2.24) is 5.32 Å². The van der Waals surface area contributed by atoms with Crippen LogP contribution in [0.5, 0.6) is 0 Å². The van der Waals surface area contributed by atoms with Crippen molar-refractivity contribution in [3.8, 4) is 0 Å². The van der Waals surface area contributed by atoms with Gasteiger partial charge in [0.25, 0.3) is 0 Å². The van der Waals surface area contributed by atoms with Gasteiger partial charge in [0.15, 0.2) is 0 Å². The van der Waals surface area contributed by atoms with Crippen molar-refractivity contribution in [2.24, 2.45) is 0 Å². The third-order valence-electron chi connectivity index (χ3n) is 3.51. The Kier molecular flexibility index (Phi) is 4.46. The maximum Gasteiger partial charge on any atom is 0.127 e. The molecule has 1 saturated carbocycles. The van der Waals surface area contributed by atoms with E-state index in [0.29, 0.717) is 17.8 Å². The fourth-order valence-corrected chi connectivity index (χ4v) is 3.48. The van der Waals surface area contributed by atoms with E-state index in [0.717, 1.165) is 11.1 Å². The minimum absolute atomic E-state index is 0.0956. The van der Waals surface area contributed by atoms with Gasteiger partial charge in [0, 0.05) is 23.4 Å². The average molecular weight is 253 g/mol. The van der Waals surface area contributed by atoms with Crippen molar-refractivity contribution in [2.75, 3.05) is 6.26 Å². The zero-order valence-electron chi connectivity index (χ0n) is 10.5. The second-order valence-electron chi connectivity index (χ2n) is 4.79. The summed E-state index contributed by atoms with van der Waals surface area (Å²) >= 11 is 1.93. The van der Waals surface area contributed by atoms with Crippen LogP contribution in [0.25, 0.3) is 0 Å². The highest BCUT2D eigenvalue weighted by Gasteiger charge is 2.25. The Morgan fingerprint density at radius 3 is 3.00 bits per heavy atom. The van der Waals surface area contributed by atoms with Gasteiger partial charge >= 0.3 is 0 Å². The van der Waals surface area contributed by atoms with Gasteiger partial charge in [-0.05, 0) is 32.1 Å². The summed E-state index contributed by atoms with van der Waals surface area (Å²) in [7, 11) is 0. The van der Waals surface area contributed by atoms with Crippen LogP contribution >= 0.6 is 11.8 Å². The molecular weight excluding hydrogens is 233 g/mol. The largest absolute Gasteiger partial charge is 0.309 e. The average Bonchev–Trinajstić information content (AvgIpc) is 2.77. The molecule has 0 amide bonds. The number of hydrogen-bond donors (Lipinski definition) is 1. The summed E-state index contributed by atoms with van der Waals surface area (Å²) in [6.45, 7) is 2.65. The molecule has 0 bridgehead atoms. The first-order chi connectivity index (χ1) is 8.20. The summed E-state index contributed by atoms with van der Waals surface area (Å²) in [5, 5.41) is 4.20. The highest BCUT2D eigenvalue weighted by molar-refractivity contribution is 7.99. The summed E-state index contributed by atoms with van der Waals surface area (Å²) in [5.41, 5.74) is 1.91. The third kappa shape index (κ3) is 3.23. The molecule has 1 aliphatic carbocycles. The van der Waals surface area contributed by atoms with Gasteiger partial charge < -0.3 is 5.32 Å². The number of hydrogen-bond acceptors (Lipinski definition) is 2. The Labute approximate surface area is 107 Å². The van der Waals surface area contributed by atoms with Crippen LogP contribution < -0.4 is 5.32 Å². The van der Waals surface area contributed by atoms with E-state index in [1.165, 1.54) is 19.3 Å². The van der Waals surface area contributed by atoms with Crippen molar-refractivity contribution in [2.45, 2.75) is 44.0 Å². The van der Waals surface area contributed by atoms with Gasteiger partial charge in [0.2, 0.25) is 0 Å². The van der Waals surface area contributed by atoms with E-state index in [-0.39, 0.29) is 5.82 Å². The van der Waals surface area contributed by atoms with E-state index < -0.39 is 0 Å². The minimum Gasteiger partial charge on any atom is -0.309 e. The second kappa shape index (κ2) is 5.87. The van der Waals surface area contributed by atoms with Crippen LogP contribution in [0.15, 0.2) is 18.2 Å². The predicted molar refractivity (Wildman–Crippen MR) is 72.9 cm³/mol. The molecule has 17 heavy (non-hydrogen) atoms. The molecule has 1 nitrogen and oxygen atoms in total. The SMILES string of the molecule is CSC1CCCC1NCc1cc(C)ccc1F. The third-order valence-corrected chi connectivity index (χ3v) is 4.68. The summed E-state index contributed by atoms with van der Waals surface area (Å²) in [6, 6.07) is 5.86. The Hall–Kier alpha value is -0.540. The van der Waals surface area contributed by atoms with Crippen molar-refractivity contribution >= 4 is 11.8 Å². The molecule has 1 fully saturated rings. The molecular formula is C14H20FNS. The monoisotopic (exact) mass is 253 g/mol. The second-order valence-corrected chi connectivity index (χ2v) is 5.86. The number of nitrogens with one attached hydrogen (secondary N) is 1. The first-order valence-corrected chi connectivity index (χ1v) is 7.50. The van der Waals surface area contributed by atoms with Gasteiger partial charge in [0.1, 0.15) is 5.82 Å². The van der Waals surface area contributed by atoms with Crippen molar-refractivity contribution in [3.05, 3.63) is 35.1 Å². The summed E-state index contributed by atoms with van der Waals surface area (Å²) < 4.78 is 13.6. The maximum absolute atomic E-state index is 13.6. The zero-order valence-corrected chi connectivity index (χ0v) is 11.3. The lowest BCUT2D eigenvalue weighted by Crippen LogP contribution is -2.33. The lowest BCUT2D eigenvalue weighted by molar-refractivity contribution is 0.515. The highest BCUT2D eigenvalue weighted by Crippen LogP contribution is 2.28. The number of aryl methyl sites for hydroxylation is 1. The fourth-order valence-electron chi connectivity index (χ4n) is 2.52. The molecule has 94 valence electrons. The van der Waals surface area contributed by atoms with E-state index in [4.69, 9.17) is 0 Å². The normalized spacial score (nSPS) is 24.2. The number of halogens is 1. The Morgan fingerprint density at radius 1 is 1.41 bits per heavy atom. The predicted octanol–water partition coefficient (Wildman–Crippen LogP) is 3.51. The Bertz CT molecular complexity index is 380. The topological polar surface area (TPSA) is 12.0 Å². The van der Waals surface area contributed by atoms with Crippen molar-refractivity contribution in [1.29, 1.82) is 0 Å². The van der Waals surface area contributed by atoms with Crippen LogP contribution in [-0.4, -0.2) is 17.5 Å². The first kappa shape index (κ1) is 12.9. The standard InChI is InChI=1S/C14H20FNS/c1-10-6-7-12(15)11(8-10)9-16-13-4-3-5-14(13)17-2/h6-8,13-14,16H,3-5,9H2,1-2H3. The fraction of sp³-hybridized carbons (Fsp3) is 0.571. The lowest BCUT2D eigenvalue weighted by Gasteiger charge is -2.19. The number of benzene rings is 1. The molecule has 1 aliphatic rings. The first-order valence-electron chi connectivity index (χ1n) is 6.22. The van der Waals surface area contributed by atoms with E-state index >= 15 is 0 Å². The maximum atomic E-state index is 13.6. The van der Waals surface area contributed by atoms with Gasteiger partial charge in [-0.2, -0.15) is 11.8 Å². The smallest absolute Gasteiger partial charge is 0.127 e. The lowest BCUT2D eigenvalue weighted by atomic mass is 10.1. The molecule has 2 atom stereocenters. The van der Waals surface area contributed by atoms with Gasteiger partial charge in [0.05, 0.1) is 0 Å². The molecule has 0 saturated heterocycles. The molecule has 1 aromatic carbocycles. The summed E-state index contributed by atoms with van der Waals surface area (Å²) in [6.07, 6.45) is 5.96. The molecule has 0 aliphatic heterocycles. The van der Waals surface area contributed by atoms with E-state index in [1.807, 2.05) is 30.8 Å². The number of thioether (sulfide) groups is 1. The Morgan fingerprint density at radius 2 is 2.24 bits per heavy atom. The van der Waals surface area contributed by atoms with Crippen LogP contribution in [0.1, 0.15) is 30.4 Å². The van der Waals surface area contributed by atoms with Gasteiger partial charge in [-0.3, -0.25) is 0 Å². The van der Waals surface area contributed by atoms with Gasteiger partial charge in [-0.15, -0.1) is 0 Å². The molecule has 2 rings (SSSR count). The molecule has 1 aromatic rings. The summed E-state index contributed by atoms with van der Waals surface area (Å²) in [5.74, 6) is -0.0956. The summed E-state index contributed by atoms with van der Waals surface area (Å²) in [4.78, 5) is 0. The molecule has 0 heterocycles. The molecule has 0 spiro atoms. The van der Waals surface area contributed by atoms with Crippen molar-refractivity contribution < 1.29 is 4.39 Å². The quantitative estimate of drug-likeness (QED) is 0.881. The molecule has 1 N–H and O–H groups in total. The van der Waals surface area contributed by atoms with Gasteiger partial charge in [-0.25, -0.2) is 4.39 Å². The zero-order chi connectivity index (χ0) is 12.3. The molecule has 0 aromatic heterocycles. The van der Waals surface area contributed by atoms with E-state index in [9.17, 15) is 4.39 Å². The van der Waals surface area contributed by atoms with Crippen LogP contribution in [0.4, 0.5) is 4.39 Å². The van der Waals surface area contributed by atoms with Crippen molar-refractivity contribution in [3.63, 3.8) is 0 Å². The molecule has 0 radical (unpaired) electrons. The Balaban J connectivity index is 1.95. The van der Waals surface area contributed by atoms with E-state index in [1.54, 1.807) is 6.07 Å². The van der Waals surface area contributed by atoms with Crippen LogP contribution in [-0.2, 0) is 6.54 Å². The molecule has 3 heteroatoms. The molecule has 2 unspecified atom stereocenters. The van der Waals surface area contributed by atoms with Gasteiger partial charge in [-0.1, -0.05) is 24.1 Å². The van der Waals surface area contributed by atoms with E-state index in [2.05, 4.69) is 11.6 Å². The minimum atomic E-state index is -0.0956. The van der Waals surface area contributed by atoms with Crippen LogP contribution in [0, 0.1) is 12.7 Å². The number of rotatable bonds is 4. The van der Waals surface area contributed by atoms with Crippen LogP contribution in [0.3, 0.4) is 0 Å². The highest BCUT2D eigenvalue weighted by atomic mass is 32.2.